The maximum absolute atomic E-state index is 12.9. The van der Waals surface area contributed by atoms with Gasteiger partial charge in [0.25, 0.3) is 0 Å². The molecule has 1 unspecified atom stereocenters. The van der Waals surface area contributed by atoms with Gasteiger partial charge in [-0.05, 0) is 36.2 Å². The molecular weight excluding hydrogens is 330 g/mol. The van der Waals surface area contributed by atoms with Crippen LogP contribution >= 0.6 is 11.6 Å². The molecule has 0 aliphatic carbocycles. The molecule has 120 valence electrons. The molecule has 23 heavy (non-hydrogen) atoms. The molecule has 0 fully saturated rings. The van der Waals surface area contributed by atoms with Gasteiger partial charge in [-0.3, -0.25) is 0 Å². The van der Waals surface area contributed by atoms with Crippen LogP contribution in [0, 0.1) is 6.92 Å². The molecule has 2 aromatic carbocycles. The molecule has 0 N–H and O–H groups in total. The Morgan fingerprint density at radius 3 is 2.57 bits per heavy atom. The molecule has 1 aliphatic heterocycles. The molecule has 2 aromatic rings. The van der Waals surface area contributed by atoms with Crippen LogP contribution in [0.1, 0.15) is 22.6 Å². The van der Waals surface area contributed by atoms with Gasteiger partial charge < -0.3 is 0 Å². The van der Waals surface area contributed by atoms with E-state index in [2.05, 4.69) is 6.58 Å². The van der Waals surface area contributed by atoms with Crippen LogP contribution < -0.4 is 0 Å². The van der Waals surface area contributed by atoms with E-state index < -0.39 is 10.0 Å². The van der Waals surface area contributed by atoms with E-state index in [-0.39, 0.29) is 12.5 Å². The third-order valence-corrected chi connectivity index (χ3v) is 6.41. The first-order valence-electron chi connectivity index (χ1n) is 7.40. The number of aryl methyl sites for hydroxylation is 1. The molecule has 3 rings (SSSR count). The Bertz CT molecular complexity index is 844. The highest BCUT2D eigenvalue weighted by atomic mass is 35.5. The summed E-state index contributed by atoms with van der Waals surface area (Å²) in [6.45, 7) is 6.45. The van der Waals surface area contributed by atoms with E-state index in [1.54, 1.807) is 24.3 Å². The number of hydrogen-bond acceptors (Lipinski definition) is 2. The summed E-state index contributed by atoms with van der Waals surface area (Å²) >= 11 is 6.29. The maximum atomic E-state index is 12.9. The molecule has 3 nitrogen and oxygen atoms in total. The monoisotopic (exact) mass is 347 g/mol. The molecular formula is C18H18ClNO2S. The fourth-order valence-corrected chi connectivity index (χ4v) is 4.57. The minimum atomic E-state index is -3.55. The first-order valence-corrected chi connectivity index (χ1v) is 9.22. The normalized spacial score (nSPS) is 18.4. The van der Waals surface area contributed by atoms with E-state index in [9.17, 15) is 8.42 Å². The zero-order chi connectivity index (χ0) is 16.6. The van der Waals surface area contributed by atoms with Gasteiger partial charge in [0.05, 0.1) is 4.90 Å². The largest absolute Gasteiger partial charge is 0.243 e. The van der Waals surface area contributed by atoms with E-state index in [4.69, 9.17) is 11.6 Å². The standard InChI is InChI=1S/C18H18ClNO2S/c1-3-14-11-20(12-17-16(14)5-4-6-18(17)19)23(21,22)15-9-7-13(2)8-10-15/h3-10,14H,1,11-12H2,2H3. The van der Waals surface area contributed by atoms with Crippen molar-refractivity contribution in [3.63, 3.8) is 0 Å². The van der Waals surface area contributed by atoms with E-state index in [0.717, 1.165) is 16.7 Å². The number of rotatable bonds is 3. The summed E-state index contributed by atoms with van der Waals surface area (Å²) in [4.78, 5) is 0.307. The highest BCUT2D eigenvalue weighted by Crippen LogP contribution is 2.35. The number of benzene rings is 2. The van der Waals surface area contributed by atoms with Crippen LogP contribution in [0.25, 0.3) is 0 Å². The first kappa shape index (κ1) is 16.2. The Morgan fingerprint density at radius 1 is 1.22 bits per heavy atom. The Hall–Kier alpha value is -1.62. The van der Waals surface area contributed by atoms with Crippen LogP contribution in [0.4, 0.5) is 0 Å². The molecule has 0 bridgehead atoms. The average Bonchev–Trinajstić information content (AvgIpc) is 2.54. The summed E-state index contributed by atoms with van der Waals surface area (Å²) in [5, 5.41) is 0.596. The second kappa shape index (κ2) is 6.11. The summed E-state index contributed by atoms with van der Waals surface area (Å²) < 4.78 is 27.3. The van der Waals surface area contributed by atoms with Gasteiger partial charge in [-0.25, -0.2) is 8.42 Å². The van der Waals surface area contributed by atoms with Crippen LogP contribution in [0.5, 0.6) is 0 Å². The number of fused-ring (bicyclic) bond motifs is 1. The fraction of sp³-hybridized carbons (Fsp3) is 0.222. The first-order chi connectivity index (χ1) is 10.9. The molecule has 0 saturated carbocycles. The average molecular weight is 348 g/mol. The summed E-state index contributed by atoms with van der Waals surface area (Å²) in [5.74, 6) is -0.0577. The van der Waals surface area contributed by atoms with Gasteiger partial charge in [-0.2, -0.15) is 4.31 Å². The Morgan fingerprint density at radius 2 is 1.91 bits per heavy atom. The quantitative estimate of drug-likeness (QED) is 0.783. The number of hydrogen-bond donors (Lipinski definition) is 0. The van der Waals surface area contributed by atoms with Crippen molar-refractivity contribution in [1.29, 1.82) is 0 Å². The van der Waals surface area contributed by atoms with Crippen molar-refractivity contribution in [3.05, 3.63) is 76.8 Å². The molecule has 1 heterocycles. The van der Waals surface area contributed by atoms with Crippen LogP contribution in [0.15, 0.2) is 60.0 Å². The van der Waals surface area contributed by atoms with E-state index in [1.165, 1.54) is 4.31 Å². The lowest BCUT2D eigenvalue weighted by Crippen LogP contribution is -2.37. The highest BCUT2D eigenvalue weighted by Gasteiger charge is 2.33. The van der Waals surface area contributed by atoms with Gasteiger partial charge in [0.2, 0.25) is 10.0 Å². The number of halogens is 1. The van der Waals surface area contributed by atoms with Crippen molar-refractivity contribution < 1.29 is 8.42 Å². The molecule has 5 heteroatoms. The van der Waals surface area contributed by atoms with Crippen molar-refractivity contribution in [1.82, 2.24) is 4.31 Å². The molecule has 0 amide bonds. The molecule has 0 saturated heterocycles. The van der Waals surface area contributed by atoms with Gasteiger partial charge in [0.1, 0.15) is 0 Å². The predicted molar refractivity (Wildman–Crippen MR) is 93.2 cm³/mol. The Balaban J connectivity index is 2.03. The van der Waals surface area contributed by atoms with Gasteiger partial charge >= 0.3 is 0 Å². The Labute approximate surface area is 142 Å². The topological polar surface area (TPSA) is 37.4 Å². The lowest BCUT2D eigenvalue weighted by molar-refractivity contribution is 0.375. The minimum Gasteiger partial charge on any atom is -0.207 e. The third kappa shape index (κ3) is 2.94. The summed E-state index contributed by atoms with van der Waals surface area (Å²) in [7, 11) is -3.55. The lowest BCUT2D eigenvalue weighted by Gasteiger charge is -2.33. The van der Waals surface area contributed by atoms with Crippen molar-refractivity contribution >= 4 is 21.6 Å². The van der Waals surface area contributed by atoms with Gasteiger partial charge in [0, 0.05) is 24.0 Å². The predicted octanol–water partition coefficient (Wildman–Crippen LogP) is 4.12. The SMILES string of the molecule is C=CC1CN(S(=O)(=O)c2ccc(C)cc2)Cc2c(Cl)cccc21. The van der Waals surface area contributed by atoms with E-state index in [0.29, 0.717) is 16.5 Å². The zero-order valence-corrected chi connectivity index (χ0v) is 14.4. The third-order valence-electron chi connectivity index (χ3n) is 4.23. The lowest BCUT2D eigenvalue weighted by atomic mass is 9.91. The van der Waals surface area contributed by atoms with Gasteiger partial charge in [-0.1, -0.05) is 47.5 Å². The molecule has 1 atom stereocenters. The number of nitrogens with zero attached hydrogens (tertiary/aromatic N) is 1. The van der Waals surface area contributed by atoms with Gasteiger partial charge in [-0.15, -0.1) is 6.58 Å². The van der Waals surface area contributed by atoms with E-state index in [1.807, 2.05) is 31.2 Å². The molecule has 0 radical (unpaired) electrons. The van der Waals surface area contributed by atoms with Crippen LogP contribution in [-0.4, -0.2) is 19.3 Å². The minimum absolute atomic E-state index is 0.0577. The fourth-order valence-electron chi connectivity index (χ4n) is 2.89. The Kier molecular flexibility index (Phi) is 4.32. The van der Waals surface area contributed by atoms with Gasteiger partial charge in [0.15, 0.2) is 0 Å². The van der Waals surface area contributed by atoms with Crippen LogP contribution in [-0.2, 0) is 16.6 Å². The smallest absolute Gasteiger partial charge is 0.207 e. The second-order valence-corrected chi connectivity index (χ2v) is 8.11. The van der Waals surface area contributed by atoms with Crippen molar-refractivity contribution in [2.75, 3.05) is 6.54 Å². The summed E-state index contributed by atoms with van der Waals surface area (Å²) in [6.07, 6.45) is 1.78. The van der Waals surface area contributed by atoms with Crippen LogP contribution in [0.3, 0.4) is 0 Å². The zero-order valence-electron chi connectivity index (χ0n) is 12.9. The molecule has 0 aromatic heterocycles. The van der Waals surface area contributed by atoms with E-state index >= 15 is 0 Å². The maximum Gasteiger partial charge on any atom is 0.243 e. The molecule has 1 aliphatic rings. The highest BCUT2D eigenvalue weighted by molar-refractivity contribution is 7.89. The number of sulfonamides is 1. The molecule has 0 spiro atoms. The van der Waals surface area contributed by atoms with Crippen LogP contribution in [0.2, 0.25) is 5.02 Å². The van der Waals surface area contributed by atoms with Crippen molar-refractivity contribution in [2.24, 2.45) is 0 Å². The van der Waals surface area contributed by atoms with Crippen molar-refractivity contribution in [3.8, 4) is 0 Å². The summed E-state index contributed by atoms with van der Waals surface area (Å²) in [6, 6.07) is 12.6. The summed E-state index contributed by atoms with van der Waals surface area (Å²) in [5.41, 5.74) is 2.95. The second-order valence-electron chi connectivity index (χ2n) is 5.76. The van der Waals surface area contributed by atoms with Crippen molar-refractivity contribution in [2.45, 2.75) is 24.3 Å².